The zero-order chi connectivity index (χ0) is 22.2. The molecule has 3 N–H and O–H groups in total. The highest BCUT2D eigenvalue weighted by molar-refractivity contribution is 5.99. The maximum absolute atomic E-state index is 12.5. The minimum atomic E-state index is -0.605. The van der Waals surface area contributed by atoms with Gasteiger partial charge in [0.15, 0.2) is 6.61 Å². The first-order chi connectivity index (χ1) is 14.9. The highest BCUT2D eigenvalue weighted by atomic mass is 16.5. The van der Waals surface area contributed by atoms with E-state index >= 15 is 0 Å². The highest BCUT2D eigenvalue weighted by Gasteiger charge is 2.14. The molecular weight excluding hydrogens is 394 g/mol. The number of carbonyl (C=O) groups is 3. The first kappa shape index (κ1) is 21.6. The standard InChI is InChI=1S/C24H23N3O4/c1-16-7-9-19(10-8-16)26-22-6-4-3-5-21(22)24(30)31-15-23(29)27-20-13-11-18(12-14-20)25-17(2)28/h3-14,26H,15H2,1-2H3,(H,25,28)(H,27,29). The number of nitrogens with one attached hydrogen (secondary N) is 3. The Morgan fingerprint density at radius 2 is 1.35 bits per heavy atom. The van der Waals surface area contributed by atoms with Crippen LogP contribution in [0.2, 0.25) is 0 Å². The molecule has 0 heterocycles. The van der Waals surface area contributed by atoms with Gasteiger partial charge in [0.05, 0.1) is 11.3 Å². The molecule has 0 aromatic heterocycles. The molecule has 0 aliphatic rings. The Hall–Kier alpha value is -4.13. The minimum Gasteiger partial charge on any atom is -0.452 e. The van der Waals surface area contributed by atoms with E-state index in [0.29, 0.717) is 22.6 Å². The van der Waals surface area contributed by atoms with E-state index in [1.807, 2.05) is 37.3 Å². The van der Waals surface area contributed by atoms with Crippen LogP contribution in [0.25, 0.3) is 0 Å². The number of esters is 1. The van der Waals surface area contributed by atoms with E-state index in [1.54, 1.807) is 42.5 Å². The number of aryl methyl sites for hydroxylation is 1. The molecule has 0 saturated carbocycles. The van der Waals surface area contributed by atoms with Gasteiger partial charge in [-0.05, 0) is 55.5 Å². The summed E-state index contributed by atoms with van der Waals surface area (Å²) in [6, 6.07) is 21.3. The Kier molecular flexibility index (Phi) is 7.01. The zero-order valence-electron chi connectivity index (χ0n) is 17.3. The summed E-state index contributed by atoms with van der Waals surface area (Å²) in [7, 11) is 0. The monoisotopic (exact) mass is 417 g/mol. The van der Waals surface area contributed by atoms with Crippen LogP contribution in [0.15, 0.2) is 72.8 Å². The second-order valence-electron chi connectivity index (χ2n) is 6.92. The van der Waals surface area contributed by atoms with Crippen molar-refractivity contribution in [1.29, 1.82) is 0 Å². The van der Waals surface area contributed by atoms with Crippen molar-refractivity contribution in [2.75, 3.05) is 22.6 Å². The van der Waals surface area contributed by atoms with Gasteiger partial charge in [0.25, 0.3) is 5.91 Å². The molecule has 0 aliphatic heterocycles. The molecule has 0 spiro atoms. The third kappa shape index (κ3) is 6.43. The summed E-state index contributed by atoms with van der Waals surface area (Å²) < 4.78 is 5.19. The van der Waals surface area contributed by atoms with Gasteiger partial charge < -0.3 is 20.7 Å². The molecule has 0 radical (unpaired) electrons. The van der Waals surface area contributed by atoms with E-state index in [1.165, 1.54) is 6.92 Å². The Morgan fingerprint density at radius 1 is 0.774 bits per heavy atom. The van der Waals surface area contributed by atoms with E-state index in [9.17, 15) is 14.4 Å². The van der Waals surface area contributed by atoms with Gasteiger partial charge in [-0.25, -0.2) is 4.79 Å². The fourth-order valence-corrected chi connectivity index (χ4v) is 2.81. The van der Waals surface area contributed by atoms with Crippen molar-refractivity contribution in [2.24, 2.45) is 0 Å². The Bertz CT molecular complexity index is 1080. The molecule has 31 heavy (non-hydrogen) atoms. The molecule has 3 aromatic rings. The van der Waals surface area contributed by atoms with Gasteiger partial charge in [-0.15, -0.1) is 0 Å². The highest BCUT2D eigenvalue weighted by Crippen LogP contribution is 2.22. The number of para-hydroxylation sites is 1. The predicted molar refractivity (Wildman–Crippen MR) is 121 cm³/mol. The fraction of sp³-hybridized carbons (Fsp3) is 0.125. The summed E-state index contributed by atoms with van der Waals surface area (Å²) >= 11 is 0. The Balaban J connectivity index is 1.57. The van der Waals surface area contributed by atoms with Gasteiger partial charge in [0, 0.05) is 24.0 Å². The summed E-state index contributed by atoms with van der Waals surface area (Å²) in [5.41, 5.74) is 4.03. The normalized spacial score (nSPS) is 10.1. The van der Waals surface area contributed by atoms with Crippen molar-refractivity contribution in [3.8, 4) is 0 Å². The average molecular weight is 417 g/mol. The Labute approximate surface area is 180 Å². The molecule has 3 rings (SSSR count). The molecule has 0 atom stereocenters. The van der Waals surface area contributed by atoms with E-state index < -0.39 is 18.5 Å². The maximum atomic E-state index is 12.5. The third-order valence-corrected chi connectivity index (χ3v) is 4.30. The molecule has 0 bridgehead atoms. The number of ether oxygens (including phenoxy) is 1. The van der Waals surface area contributed by atoms with Crippen LogP contribution in [-0.2, 0) is 14.3 Å². The van der Waals surface area contributed by atoms with Crippen LogP contribution in [0.5, 0.6) is 0 Å². The molecule has 158 valence electrons. The summed E-state index contributed by atoms with van der Waals surface area (Å²) in [6.45, 7) is 2.99. The average Bonchev–Trinajstić information content (AvgIpc) is 2.75. The molecule has 3 aromatic carbocycles. The molecule has 0 saturated heterocycles. The van der Waals surface area contributed by atoms with Gasteiger partial charge in [0.2, 0.25) is 5.91 Å². The molecule has 2 amide bonds. The van der Waals surface area contributed by atoms with E-state index in [4.69, 9.17) is 4.74 Å². The van der Waals surface area contributed by atoms with Gasteiger partial charge in [-0.2, -0.15) is 0 Å². The summed E-state index contributed by atoms with van der Waals surface area (Å²) in [5.74, 6) is -1.25. The lowest BCUT2D eigenvalue weighted by molar-refractivity contribution is -0.119. The van der Waals surface area contributed by atoms with Crippen LogP contribution in [-0.4, -0.2) is 24.4 Å². The van der Waals surface area contributed by atoms with Gasteiger partial charge >= 0.3 is 5.97 Å². The Morgan fingerprint density at radius 3 is 2.00 bits per heavy atom. The lowest BCUT2D eigenvalue weighted by Crippen LogP contribution is -2.21. The van der Waals surface area contributed by atoms with Gasteiger partial charge in [-0.3, -0.25) is 9.59 Å². The first-order valence-corrected chi connectivity index (χ1v) is 9.68. The van der Waals surface area contributed by atoms with Crippen molar-refractivity contribution >= 4 is 40.5 Å². The van der Waals surface area contributed by atoms with Crippen LogP contribution < -0.4 is 16.0 Å². The first-order valence-electron chi connectivity index (χ1n) is 9.68. The van der Waals surface area contributed by atoms with E-state index in [0.717, 1.165) is 11.3 Å². The predicted octanol–water partition coefficient (Wildman–Crippen LogP) is 4.49. The van der Waals surface area contributed by atoms with Gasteiger partial charge in [-0.1, -0.05) is 29.8 Å². The number of carbonyl (C=O) groups excluding carboxylic acids is 3. The van der Waals surface area contributed by atoms with Crippen LogP contribution >= 0.6 is 0 Å². The lowest BCUT2D eigenvalue weighted by atomic mass is 10.1. The number of benzene rings is 3. The number of hydrogen-bond donors (Lipinski definition) is 3. The van der Waals surface area contributed by atoms with Crippen molar-refractivity contribution in [2.45, 2.75) is 13.8 Å². The van der Waals surface area contributed by atoms with Crippen LogP contribution in [0.3, 0.4) is 0 Å². The lowest BCUT2D eigenvalue weighted by Gasteiger charge is -2.12. The topological polar surface area (TPSA) is 96.5 Å². The zero-order valence-corrected chi connectivity index (χ0v) is 17.3. The summed E-state index contributed by atoms with van der Waals surface area (Å²) in [6.07, 6.45) is 0. The second-order valence-corrected chi connectivity index (χ2v) is 6.92. The molecule has 7 heteroatoms. The number of anilines is 4. The van der Waals surface area contributed by atoms with E-state index in [2.05, 4.69) is 16.0 Å². The van der Waals surface area contributed by atoms with Crippen molar-refractivity contribution in [3.05, 3.63) is 83.9 Å². The summed E-state index contributed by atoms with van der Waals surface area (Å²) in [4.78, 5) is 35.7. The molecule has 7 nitrogen and oxygen atoms in total. The minimum absolute atomic E-state index is 0.180. The number of hydrogen-bond acceptors (Lipinski definition) is 5. The van der Waals surface area contributed by atoms with Crippen LogP contribution in [0.4, 0.5) is 22.7 Å². The fourth-order valence-electron chi connectivity index (χ4n) is 2.81. The number of rotatable bonds is 7. The third-order valence-electron chi connectivity index (χ3n) is 4.30. The van der Waals surface area contributed by atoms with Crippen molar-refractivity contribution in [1.82, 2.24) is 0 Å². The quantitative estimate of drug-likeness (QED) is 0.492. The molecule has 0 fully saturated rings. The summed E-state index contributed by atoms with van der Waals surface area (Å²) in [5, 5.41) is 8.48. The maximum Gasteiger partial charge on any atom is 0.340 e. The van der Waals surface area contributed by atoms with Crippen LogP contribution in [0.1, 0.15) is 22.8 Å². The van der Waals surface area contributed by atoms with Crippen molar-refractivity contribution in [3.63, 3.8) is 0 Å². The van der Waals surface area contributed by atoms with Gasteiger partial charge in [0.1, 0.15) is 0 Å². The second kappa shape index (κ2) is 10.1. The van der Waals surface area contributed by atoms with Crippen LogP contribution in [0, 0.1) is 6.92 Å². The number of amides is 2. The molecule has 0 unspecified atom stereocenters. The smallest absolute Gasteiger partial charge is 0.340 e. The molecule has 0 aliphatic carbocycles. The largest absolute Gasteiger partial charge is 0.452 e. The SMILES string of the molecule is CC(=O)Nc1ccc(NC(=O)COC(=O)c2ccccc2Nc2ccc(C)cc2)cc1. The van der Waals surface area contributed by atoms with Crippen molar-refractivity contribution < 1.29 is 19.1 Å². The van der Waals surface area contributed by atoms with E-state index in [-0.39, 0.29) is 5.91 Å². The molecular formula is C24H23N3O4.